The molecule has 2 nitrogen and oxygen atoms in total. The Hall–Kier alpha value is -1.41. The number of nitrogens with zero attached hydrogens (tertiary/aromatic N) is 1. The summed E-state index contributed by atoms with van der Waals surface area (Å²) in [5.41, 5.74) is 3.74. The highest BCUT2D eigenvalue weighted by atomic mass is 35.5. The van der Waals surface area contributed by atoms with Crippen molar-refractivity contribution in [2.24, 2.45) is 0 Å². The first-order valence-electron chi connectivity index (χ1n) is 9.13. The quantitative estimate of drug-likeness (QED) is 0.615. The van der Waals surface area contributed by atoms with Crippen LogP contribution in [-0.2, 0) is 5.41 Å². The Morgan fingerprint density at radius 2 is 1.72 bits per heavy atom. The maximum Gasteiger partial charge on any atom is 0.125 e. The van der Waals surface area contributed by atoms with Gasteiger partial charge in [0, 0.05) is 40.5 Å². The van der Waals surface area contributed by atoms with E-state index >= 15 is 0 Å². The van der Waals surface area contributed by atoms with Gasteiger partial charge in [0.1, 0.15) is 5.75 Å². The molecule has 0 aromatic heterocycles. The van der Waals surface area contributed by atoms with Crippen LogP contribution in [0.2, 0.25) is 0 Å². The predicted molar refractivity (Wildman–Crippen MR) is 109 cm³/mol. The SMILES string of the molecule is CC(Cl)C1CN(C(C)(C)C)c2cc(O)c3ccc(C(C)(C)C)cc3c21. The fourth-order valence-electron chi connectivity index (χ4n) is 3.89. The minimum atomic E-state index is -0.0168. The van der Waals surface area contributed by atoms with Crippen LogP contribution in [0, 0.1) is 0 Å². The molecular weight excluding hydrogens is 330 g/mol. The Balaban J connectivity index is 2.35. The topological polar surface area (TPSA) is 23.5 Å². The molecule has 0 aliphatic carbocycles. The van der Waals surface area contributed by atoms with Crippen molar-refractivity contribution in [2.75, 3.05) is 11.4 Å². The Morgan fingerprint density at radius 1 is 1.08 bits per heavy atom. The van der Waals surface area contributed by atoms with Crippen LogP contribution in [0.15, 0.2) is 24.3 Å². The van der Waals surface area contributed by atoms with Gasteiger partial charge in [0.25, 0.3) is 0 Å². The molecule has 1 heterocycles. The van der Waals surface area contributed by atoms with Gasteiger partial charge < -0.3 is 10.0 Å². The minimum Gasteiger partial charge on any atom is -0.507 e. The van der Waals surface area contributed by atoms with E-state index in [0.717, 1.165) is 23.0 Å². The van der Waals surface area contributed by atoms with Gasteiger partial charge in [-0.3, -0.25) is 0 Å². The van der Waals surface area contributed by atoms with E-state index in [1.165, 1.54) is 11.1 Å². The van der Waals surface area contributed by atoms with Crippen molar-refractivity contribution in [3.05, 3.63) is 35.4 Å². The summed E-state index contributed by atoms with van der Waals surface area (Å²) in [6, 6.07) is 8.37. The number of fused-ring (bicyclic) bond motifs is 3. The average molecular weight is 360 g/mol. The van der Waals surface area contributed by atoms with Gasteiger partial charge in [-0.1, -0.05) is 39.0 Å². The zero-order valence-corrected chi connectivity index (χ0v) is 17.2. The lowest BCUT2D eigenvalue weighted by atomic mass is 9.83. The van der Waals surface area contributed by atoms with Crippen molar-refractivity contribution in [1.29, 1.82) is 0 Å². The number of phenolic OH excluding ortho intramolecular Hbond substituents is 1. The van der Waals surface area contributed by atoms with Gasteiger partial charge in [-0.25, -0.2) is 0 Å². The summed E-state index contributed by atoms with van der Waals surface area (Å²) in [6.45, 7) is 16.3. The number of alkyl halides is 1. The molecule has 2 atom stereocenters. The van der Waals surface area contributed by atoms with Crippen LogP contribution in [0.4, 0.5) is 5.69 Å². The third-order valence-corrected chi connectivity index (χ3v) is 5.71. The van der Waals surface area contributed by atoms with Crippen molar-refractivity contribution in [3.63, 3.8) is 0 Å². The summed E-state index contributed by atoms with van der Waals surface area (Å²) in [7, 11) is 0. The number of halogens is 1. The molecular formula is C22H30ClNO. The first-order valence-corrected chi connectivity index (χ1v) is 9.56. The normalized spacial score (nSPS) is 19.4. The third kappa shape index (κ3) is 3.10. The smallest absolute Gasteiger partial charge is 0.125 e. The van der Waals surface area contributed by atoms with E-state index in [1.54, 1.807) is 0 Å². The van der Waals surface area contributed by atoms with Crippen LogP contribution in [0.1, 0.15) is 65.5 Å². The molecule has 1 aliphatic heterocycles. The summed E-state index contributed by atoms with van der Waals surface area (Å²) in [5, 5.41) is 12.8. The van der Waals surface area contributed by atoms with Crippen molar-refractivity contribution in [3.8, 4) is 5.75 Å². The molecule has 136 valence electrons. The Bertz CT molecular complexity index is 811. The Kier molecular flexibility index (Phi) is 4.27. The van der Waals surface area contributed by atoms with Gasteiger partial charge in [0.2, 0.25) is 0 Å². The first-order chi connectivity index (χ1) is 11.4. The fourth-order valence-corrected chi connectivity index (χ4v) is 4.10. The number of hydrogen-bond donors (Lipinski definition) is 1. The zero-order valence-electron chi connectivity index (χ0n) is 16.4. The standard InChI is InChI=1S/C22H30ClNO/c1-13(23)17-12-24(22(5,6)7)18-11-19(25)15-9-8-14(21(2,3)4)10-16(15)20(17)18/h8-11,13,17,25H,12H2,1-7H3. The maximum absolute atomic E-state index is 10.7. The summed E-state index contributed by atoms with van der Waals surface area (Å²) in [6.07, 6.45) is 0. The summed E-state index contributed by atoms with van der Waals surface area (Å²) >= 11 is 6.61. The van der Waals surface area contributed by atoms with E-state index in [0.29, 0.717) is 5.75 Å². The molecule has 0 bridgehead atoms. The molecule has 0 saturated heterocycles. The lowest BCUT2D eigenvalue weighted by molar-refractivity contribution is 0.479. The van der Waals surface area contributed by atoms with Gasteiger partial charge in [-0.2, -0.15) is 0 Å². The zero-order chi connectivity index (χ0) is 18.7. The van der Waals surface area contributed by atoms with Crippen molar-refractivity contribution >= 4 is 28.1 Å². The van der Waals surface area contributed by atoms with Gasteiger partial charge in [-0.15, -0.1) is 11.6 Å². The Labute approximate surface area is 156 Å². The van der Waals surface area contributed by atoms with Crippen LogP contribution < -0.4 is 4.90 Å². The van der Waals surface area contributed by atoms with E-state index in [4.69, 9.17) is 11.6 Å². The van der Waals surface area contributed by atoms with Crippen molar-refractivity contribution in [1.82, 2.24) is 0 Å². The average Bonchev–Trinajstić information content (AvgIpc) is 2.85. The second-order valence-corrected chi connectivity index (χ2v) is 10.1. The van der Waals surface area contributed by atoms with Crippen LogP contribution in [0.5, 0.6) is 5.75 Å². The highest BCUT2D eigenvalue weighted by Gasteiger charge is 2.38. The number of benzene rings is 2. The fraction of sp³-hybridized carbons (Fsp3) is 0.545. The number of phenols is 1. The maximum atomic E-state index is 10.7. The van der Waals surface area contributed by atoms with E-state index in [-0.39, 0.29) is 22.2 Å². The second-order valence-electron chi connectivity index (χ2n) is 9.40. The van der Waals surface area contributed by atoms with Crippen molar-refractivity contribution < 1.29 is 5.11 Å². The van der Waals surface area contributed by atoms with E-state index in [9.17, 15) is 5.11 Å². The highest BCUT2D eigenvalue weighted by Crippen LogP contribution is 2.49. The molecule has 0 amide bonds. The number of anilines is 1. The molecule has 1 aliphatic rings. The van der Waals surface area contributed by atoms with Gasteiger partial charge in [0.15, 0.2) is 0 Å². The van der Waals surface area contributed by atoms with E-state index in [1.807, 2.05) is 6.07 Å². The molecule has 1 N–H and O–H groups in total. The van der Waals surface area contributed by atoms with E-state index < -0.39 is 0 Å². The molecule has 2 unspecified atom stereocenters. The molecule has 25 heavy (non-hydrogen) atoms. The number of aromatic hydroxyl groups is 1. The van der Waals surface area contributed by atoms with Gasteiger partial charge >= 0.3 is 0 Å². The largest absolute Gasteiger partial charge is 0.507 e. The predicted octanol–water partition coefficient (Wildman–Crippen LogP) is 6.17. The van der Waals surface area contributed by atoms with Crippen LogP contribution >= 0.6 is 11.6 Å². The van der Waals surface area contributed by atoms with Crippen molar-refractivity contribution in [2.45, 2.75) is 70.7 Å². The number of rotatable bonds is 1. The molecule has 0 fully saturated rings. The summed E-state index contributed by atoms with van der Waals surface area (Å²) in [5.74, 6) is 0.612. The monoisotopic (exact) mass is 359 g/mol. The summed E-state index contributed by atoms with van der Waals surface area (Å²) < 4.78 is 0. The lowest BCUT2D eigenvalue weighted by Gasteiger charge is -2.35. The first kappa shape index (κ1) is 18.4. The Morgan fingerprint density at radius 3 is 2.24 bits per heavy atom. The molecule has 2 aromatic rings. The summed E-state index contributed by atoms with van der Waals surface area (Å²) in [4.78, 5) is 2.38. The molecule has 0 radical (unpaired) electrons. The lowest BCUT2D eigenvalue weighted by Crippen LogP contribution is -2.41. The van der Waals surface area contributed by atoms with Gasteiger partial charge in [0.05, 0.1) is 0 Å². The molecule has 0 spiro atoms. The van der Waals surface area contributed by atoms with Crippen LogP contribution in [-0.4, -0.2) is 22.6 Å². The highest BCUT2D eigenvalue weighted by molar-refractivity contribution is 6.21. The molecule has 0 saturated carbocycles. The van der Waals surface area contributed by atoms with Crippen LogP contribution in [0.25, 0.3) is 10.8 Å². The molecule has 3 rings (SSSR count). The molecule has 2 aromatic carbocycles. The van der Waals surface area contributed by atoms with Crippen LogP contribution in [0.3, 0.4) is 0 Å². The molecule has 3 heteroatoms. The third-order valence-electron chi connectivity index (χ3n) is 5.41. The number of hydrogen-bond acceptors (Lipinski definition) is 2. The minimum absolute atomic E-state index is 0.0168. The second kappa shape index (κ2) is 5.81. The van der Waals surface area contributed by atoms with Gasteiger partial charge in [-0.05, 0) is 49.6 Å². The van der Waals surface area contributed by atoms with E-state index in [2.05, 4.69) is 71.6 Å².